The fraction of sp³-hybridized carbons (Fsp3) is 0.667. The van der Waals surface area contributed by atoms with E-state index < -0.39 is 0 Å². The molecule has 1 aliphatic carbocycles. The third kappa shape index (κ3) is 6.54. The van der Waals surface area contributed by atoms with Gasteiger partial charge in [0.1, 0.15) is 0 Å². The Balaban J connectivity index is 1.49. The fourth-order valence-corrected chi connectivity index (χ4v) is 4.79. The van der Waals surface area contributed by atoms with Gasteiger partial charge in [-0.05, 0) is 37.2 Å². The summed E-state index contributed by atoms with van der Waals surface area (Å²) in [5.74, 6) is 0.814. The first-order valence-electron chi connectivity index (χ1n) is 11.5. The Labute approximate surface area is 180 Å². The lowest BCUT2D eigenvalue weighted by molar-refractivity contribution is -0.135. The summed E-state index contributed by atoms with van der Waals surface area (Å²) < 4.78 is 5.08. The van der Waals surface area contributed by atoms with Gasteiger partial charge in [0.15, 0.2) is 0 Å². The van der Waals surface area contributed by atoms with Crippen LogP contribution in [-0.2, 0) is 20.7 Å². The van der Waals surface area contributed by atoms with Gasteiger partial charge in [0.25, 0.3) is 0 Å². The molecule has 3 rings (SSSR count). The van der Waals surface area contributed by atoms with Crippen molar-refractivity contribution in [2.75, 3.05) is 46.4 Å². The van der Waals surface area contributed by atoms with Crippen LogP contribution < -0.4 is 5.32 Å². The number of carbonyl (C=O) groups excluding carboxylic acids is 2. The Kier molecular flexibility index (Phi) is 9.15. The molecule has 0 radical (unpaired) electrons. The summed E-state index contributed by atoms with van der Waals surface area (Å²) in [5, 5.41) is 3.12. The second-order valence-electron chi connectivity index (χ2n) is 8.53. The maximum absolute atomic E-state index is 13.0. The number of piperazine rings is 1. The van der Waals surface area contributed by atoms with Crippen LogP contribution in [0.15, 0.2) is 30.3 Å². The maximum Gasteiger partial charge on any atom is 0.237 e. The largest absolute Gasteiger partial charge is 0.385 e. The van der Waals surface area contributed by atoms with Crippen LogP contribution in [0, 0.1) is 5.92 Å². The lowest BCUT2D eigenvalue weighted by atomic mass is 9.95. The molecule has 1 saturated heterocycles. The Bertz CT molecular complexity index is 653. The molecule has 1 unspecified atom stereocenters. The van der Waals surface area contributed by atoms with E-state index in [0.717, 1.165) is 38.8 Å². The highest BCUT2D eigenvalue weighted by molar-refractivity contribution is 5.82. The highest BCUT2D eigenvalue weighted by Gasteiger charge is 2.37. The van der Waals surface area contributed by atoms with Crippen LogP contribution in [0.1, 0.15) is 44.1 Å². The summed E-state index contributed by atoms with van der Waals surface area (Å²) in [6, 6.07) is 10.1. The minimum absolute atomic E-state index is 0.0587. The van der Waals surface area contributed by atoms with Gasteiger partial charge in [-0.15, -0.1) is 0 Å². The van der Waals surface area contributed by atoms with E-state index in [9.17, 15) is 9.59 Å². The van der Waals surface area contributed by atoms with Crippen molar-refractivity contribution in [3.05, 3.63) is 35.9 Å². The minimum Gasteiger partial charge on any atom is -0.385 e. The van der Waals surface area contributed by atoms with E-state index in [1.807, 2.05) is 23.1 Å². The molecule has 2 amide bonds. The molecule has 2 fully saturated rings. The lowest BCUT2D eigenvalue weighted by Gasteiger charge is -2.40. The Morgan fingerprint density at radius 1 is 1.10 bits per heavy atom. The van der Waals surface area contributed by atoms with Crippen molar-refractivity contribution in [2.45, 2.75) is 51.0 Å². The Hall–Kier alpha value is -1.92. The van der Waals surface area contributed by atoms with Gasteiger partial charge in [0.05, 0.1) is 6.04 Å². The standard InChI is InChI=1S/C24H37N3O3/c1-30-19-7-14-25-24(29)23(21-10-5-6-11-21)27-17-15-26(16-18-27)22(28)13-12-20-8-3-2-4-9-20/h2-4,8-9,21,23H,5-7,10-19H2,1H3,(H,25,29). The summed E-state index contributed by atoms with van der Waals surface area (Å²) >= 11 is 0. The van der Waals surface area contributed by atoms with Gasteiger partial charge in [0, 0.05) is 52.9 Å². The second-order valence-corrected chi connectivity index (χ2v) is 8.53. The molecule has 1 aromatic rings. The molecule has 2 aliphatic rings. The zero-order chi connectivity index (χ0) is 21.2. The first-order chi connectivity index (χ1) is 14.7. The normalized spacial score (nSPS) is 19.0. The molecule has 1 N–H and O–H groups in total. The predicted octanol–water partition coefficient (Wildman–Crippen LogP) is 2.47. The summed E-state index contributed by atoms with van der Waals surface area (Å²) in [6.07, 6.45) is 6.87. The number of nitrogens with one attached hydrogen (secondary N) is 1. The highest BCUT2D eigenvalue weighted by atomic mass is 16.5. The molecular formula is C24H37N3O3. The third-order valence-electron chi connectivity index (χ3n) is 6.47. The fourth-order valence-electron chi connectivity index (χ4n) is 4.79. The van der Waals surface area contributed by atoms with Crippen LogP contribution in [-0.4, -0.2) is 74.1 Å². The average molecular weight is 416 g/mol. The van der Waals surface area contributed by atoms with Gasteiger partial charge in [-0.3, -0.25) is 14.5 Å². The van der Waals surface area contributed by atoms with Gasteiger partial charge in [0.2, 0.25) is 11.8 Å². The van der Waals surface area contributed by atoms with Gasteiger partial charge < -0.3 is 15.0 Å². The molecule has 1 atom stereocenters. The van der Waals surface area contributed by atoms with E-state index in [4.69, 9.17) is 4.74 Å². The zero-order valence-electron chi connectivity index (χ0n) is 18.4. The van der Waals surface area contributed by atoms with Crippen LogP contribution in [0.25, 0.3) is 0 Å². The lowest BCUT2D eigenvalue weighted by Crippen LogP contribution is -2.58. The van der Waals surface area contributed by atoms with Gasteiger partial charge in [-0.2, -0.15) is 0 Å². The molecule has 1 saturated carbocycles. The third-order valence-corrected chi connectivity index (χ3v) is 6.47. The maximum atomic E-state index is 13.0. The highest BCUT2D eigenvalue weighted by Crippen LogP contribution is 2.31. The number of hydrogen-bond acceptors (Lipinski definition) is 4. The molecule has 6 heteroatoms. The van der Waals surface area contributed by atoms with Crippen molar-refractivity contribution >= 4 is 11.8 Å². The van der Waals surface area contributed by atoms with Crippen LogP contribution in [0.4, 0.5) is 0 Å². The molecule has 0 aromatic heterocycles. The van der Waals surface area contributed by atoms with Crippen LogP contribution >= 0.6 is 0 Å². The van der Waals surface area contributed by atoms with E-state index in [0.29, 0.717) is 38.6 Å². The number of benzene rings is 1. The van der Waals surface area contributed by atoms with E-state index in [1.165, 1.54) is 18.4 Å². The first kappa shape index (κ1) is 22.8. The van der Waals surface area contributed by atoms with Crippen LogP contribution in [0.3, 0.4) is 0 Å². The molecule has 0 spiro atoms. The van der Waals surface area contributed by atoms with Gasteiger partial charge in [-0.1, -0.05) is 43.2 Å². The number of ether oxygens (including phenoxy) is 1. The average Bonchev–Trinajstić information content (AvgIpc) is 3.31. The number of aryl methyl sites for hydroxylation is 1. The molecule has 166 valence electrons. The number of hydrogen-bond donors (Lipinski definition) is 1. The molecule has 1 heterocycles. The summed E-state index contributed by atoms with van der Waals surface area (Å²) in [5.41, 5.74) is 1.20. The van der Waals surface area contributed by atoms with E-state index in [-0.39, 0.29) is 17.9 Å². The Morgan fingerprint density at radius 2 is 1.80 bits per heavy atom. The van der Waals surface area contributed by atoms with Crippen molar-refractivity contribution in [2.24, 2.45) is 5.92 Å². The number of carbonyl (C=O) groups is 2. The zero-order valence-corrected chi connectivity index (χ0v) is 18.4. The quantitative estimate of drug-likeness (QED) is 0.597. The topological polar surface area (TPSA) is 61.9 Å². The van der Waals surface area contributed by atoms with Crippen molar-refractivity contribution in [1.29, 1.82) is 0 Å². The van der Waals surface area contributed by atoms with Gasteiger partial charge in [-0.25, -0.2) is 0 Å². The van der Waals surface area contributed by atoms with Crippen LogP contribution in [0.5, 0.6) is 0 Å². The predicted molar refractivity (Wildman–Crippen MR) is 118 cm³/mol. The van der Waals surface area contributed by atoms with Gasteiger partial charge >= 0.3 is 0 Å². The second kappa shape index (κ2) is 12.1. The minimum atomic E-state index is -0.0587. The van der Waals surface area contributed by atoms with E-state index in [2.05, 4.69) is 22.3 Å². The first-order valence-corrected chi connectivity index (χ1v) is 11.5. The molecular weight excluding hydrogens is 378 g/mol. The van der Waals surface area contributed by atoms with Crippen molar-refractivity contribution in [3.8, 4) is 0 Å². The van der Waals surface area contributed by atoms with E-state index in [1.54, 1.807) is 7.11 Å². The number of nitrogens with zero attached hydrogens (tertiary/aromatic N) is 2. The summed E-state index contributed by atoms with van der Waals surface area (Å²) in [7, 11) is 1.68. The molecule has 6 nitrogen and oxygen atoms in total. The summed E-state index contributed by atoms with van der Waals surface area (Å²) in [6.45, 7) is 4.32. The summed E-state index contributed by atoms with van der Waals surface area (Å²) in [4.78, 5) is 29.9. The smallest absolute Gasteiger partial charge is 0.237 e. The van der Waals surface area contributed by atoms with Crippen molar-refractivity contribution in [3.63, 3.8) is 0 Å². The number of rotatable bonds is 10. The Morgan fingerprint density at radius 3 is 2.47 bits per heavy atom. The SMILES string of the molecule is COCCCNC(=O)C(C1CCCC1)N1CCN(C(=O)CCc2ccccc2)CC1. The van der Waals surface area contributed by atoms with Crippen molar-refractivity contribution < 1.29 is 14.3 Å². The molecule has 1 aliphatic heterocycles. The van der Waals surface area contributed by atoms with Crippen molar-refractivity contribution in [1.82, 2.24) is 15.1 Å². The number of amides is 2. The van der Waals surface area contributed by atoms with E-state index >= 15 is 0 Å². The molecule has 30 heavy (non-hydrogen) atoms. The van der Waals surface area contributed by atoms with Crippen LogP contribution in [0.2, 0.25) is 0 Å². The molecule has 0 bridgehead atoms. The molecule has 1 aromatic carbocycles. The number of methoxy groups -OCH3 is 1. The monoisotopic (exact) mass is 415 g/mol.